The van der Waals surface area contributed by atoms with Crippen molar-refractivity contribution >= 4 is 46.9 Å². The lowest BCUT2D eigenvalue weighted by molar-refractivity contribution is 0.00578. The van der Waals surface area contributed by atoms with Gasteiger partial charge in [-0.3, -0.25) is 4.98 Å². The van der Waals surface area contributed by atoms with Crippen molar-refractivity contribution in [1.29, 1.82) is 0 Å². The Morgan fingerprint density at radius 2 is 1.94 bits per heavy atom. The number of carboxylic acid groups (broad SMARTS) is 1. The lowest BCUT2D eigenvalue weighted by Gasteiger charge is -2.45. The molecule has 0 saturated carbocycles. The van der Waals surface area contributed by atoms with Crippen molar-refractivity contribution in [1.82, 2.24) is 9.88 Å². The molecule has 1 aromatic heterocycles. The lowest BCUT2D eigenvalue weighted by Crippen LogP contribution is -2.58. The number of carbonyl (C=O) groups is 1. The molecule has 5 rings (SSSR count). The summed E-state index contributed by atoms with van der Waals surface area (Å²) in [5, 5.41) is 10.8. The maximum absolute atomic E-state index is 11.4. The molecule has 8 nitrogen and oxygen atoms in total. The molecule has 1 atom stereocenters. The number of ether oxygens (including phenoxy) is 1. The first-order chi connectivity index (χ1) is 14.6. The summed E-state index contributed by atoms with van der Waals surface area (Å²) in [6.07, 6.45) is 0.819. The number of amides is 1. The summed E-state index contributed by atoms with van der Waals surface area (Å²) in [5.74, 6) is 0.687. The summed E-state index contributed by atoms with van der Waals surface area (Å²) >= 11 is 6.72. The Hall–Kier alpha value is -2.23. The number of nitrogens with zero attached hydrogens (tertiary/aromatic N) is 3. The largest absolute Gasteiger partial charge is 0.496 e. The number of hydrogen-bond donors (Lipinski definition) is 1. The molecule has 0 spiro atoms. The molecule has 0 bridgehead atoms. The van der Waals surface area contributed by atoms with Crippen LogP contribution in [0.15, 0.2) is 18.3 Å². The lowest BCUT2D eigenvalue weighted by atomic mass is 9.78. The van der Waals surface area contributed by atoms with Crippen molar-refractivity contribution in [2.24, 2.45) is 0 Å². The maximum atomic E-state index is 11.4. The number of benzene rings is 1. The van der Waals surface area contributed by atoms with Gasteiger partial charge < -0.3 is 29.0 Å². The summed E-state index contributed by atoms with van der Waals surface area (Å²) in [4.78, 5) is 19.6. The van der Waals surface area contributed by atoms with Crippen LogP contribution in [0, 0.1) is 0 Å². The summed E-state index contributed by atoms with van der Waals surface area (Å²) in [6, 6.07) is 3.75. The van der Waals surface area contributed by atoms with Crippen LogP contribution in [0.4, 0.5) is 10.5 Å². The number of piperazine rings is 1. The molecule has 0 aliphatic carbocycles. The third kappa shape index (κ3) is 3.21. The third-order valence-corrected chi connectivity index (χ3v) is 7.23. The van der Waals surface area contributed by atoms with Crippen LogP contribution in [-0.4, -0.2) is 71.7 Å². The average Bonchev–Trinajstić information content (AvgIpc) is 2.93. The molecule has 0 radical (unpaired) electrons. The molecule has 0 unspecified atom stereocenters. The summed E-state index contributed by atoms with van der Waals surface area (Å²) in [7, 11) is -0.581. The molecule has 2 saturated heterocycles. The number of hydrogen-bond acceptors (Lipinski definition) is 6. The van der Waals surface area contributed by atoms with Crippen LogP contribution in [0.5, 0.6) is 5.75 Å². The standard InChI is InChI=1S/C21H25BClN3O5/c1-20(2)21(3,4)31-22(30-20)14-8-16-13(7-15(14)23)18-17(9-24-16)29-11-12-10-25(19(27)28)5-6-26(12)18/h7-9,12H,5-6,10-11H2,1-4H3,(H,27,28)/t12-/m1/s1. The summed E-state index contributed by atoms with van der Waals surface area (Å²) in [5.41, 5.74) is 1.48. The number of anilines is 1. The fourth-order valence-electron chi connectivity index (χ4n) is 4.40. The van der Waals surface area contributed by atoms with Crippen LogP contribution in [0.25, 0.3) is 10.9 Å². The van der Waals surface area contributed by atoms with E-state index in [1.807, 2.05) is 39.8 Å². The van der Waals surface area contributed by atoms with Gasteiger partial charge in [0.05, 0.1) is 34.6 Å². The van der Waals surface area contributed by atoms with Crippen molar-refractivity contribution in [2.45, 2.75) is 44.9 Å². The number of fused-ring (bicyclic) bond motifs is 5. The van der Waals surface area contributed by atoms with Gasteiger partial charge in [-0.25, -0.2) is 4.79 Å². The van der Waals surface area contributed by atoms with E-state index in [-0.39, 0.29) is 6.04 Å². The number of aromatic nitrogens is 1. The molecular formula is C21H25BClN3O5. The van der Waals surface area contributed by atoms with Gasteiger partial charge in [0.2, 0.25) is 0 Å². The Balaban J connectivity index is 1.54. The predicted molar refractivity (Wildman–Crippen MR) is 119 cm³/mol. The number of pyridine rings is 1. The van der Waals surface area contributed by atoms with Crippen LogP contribution in [-0.2, 0) is 9.31 Å². The third-order valence-electron chi connectivity index (χ3n) is 6.90. The van der Waals surface area contributed by atoms with E-state index in [9.17, 15) is 9.90 Å². The zero-order valence-corrected chi connectivity index (χ0v) is 18.8. The second-order valence-electron chi connectivity index (χ2n) is 9.34. The minimum atomic E-state index is -0.903. The molecule has 10 heteroatoms. The molecule has 1 aromatic carbocycles. The van der Waals surface area contributed by atoms with Crippen LogP contribution in [0.1, 0.15) is 27.7 Å². The Labute approximate surface area is 186 Å². The Morgan fingerprint density at radius 1 is 1.23 bits per heavy atom. The van der Waals surface area contributed by atoms with Gasteiger partial charge in [-0.1, -0.05) is 11.6 Å². The van der Waals surface area contributed by atoms with Crippen molar-refractivity contribution in [3.8, 4) is 5.75 Å². The van der Waals surface area contributed by atoms with E-state index in [1.54, 1.807) is 6.20 Å². The second kappa shape index (κ2) is 6.89. The highest BCUT2D eigenvalue weighted by atomic mass is 35.5. The first kappa shape index (κ1) is 20.7. The van der Waals surface area contributed by atoms with Gasteiger partial charge in [-0.15, -0.1) is 0 Å². The van der Waals surface area contributed by atoms with Crippen LogP contribution >= 0.6 is 11.6 Å². The minimum absolute atomic E-state index is 0.0514. The zero-order valence-electron chi connectivity index (χ0n) is 18.0. The molecule has 2 aromatic rings. The van der Waals surface area contributed by atoms with Crippen LogP contribution < -0.4 is 15.1 Å². The van der Waals surface area contributed by atoms with E-state index < -0.39 is 24.4 Å². The Kier molecular flexibility index (Phi) is 4.59. The molecular weight excluding hydrogens is 421 g/mol. The summed E-state index contributed by atoms with van der Waals surface area (Å²) < 4.78 is 18.3. The molecule has 1 amide bonds. The van der Waals surface area contributed by atoms with E-state index >= 15 is 0 Å². The predicted octanol–water partition coefficient (Wildman–Crippen LogP) is 2.75. The molecule has 1 N–H and O–H groups in total. The van der Waals surface area contributed by atoms with Gasteiger partial charge >= 0.3 is 13.2 Å². The van der Waals surface area contributed by atoms with Crippen molar-refractivity contribution in [3.05, 3.63) is 23.4 Å². The highest BCUT2D eigenvalue weighted by Crippen LogP contribution is 2.42. The molecule has 2 fully saturated rings. The summed E-state index contributed by atoms with van der Waals surface area (Å²) in [6.45, 7) is 9.87. The average molecular weight is 446 g/mol. The molecule has 164 valence electrons. The molecule has 4 heterocycles. The fraction of sp³-hybridized carbons (Fsp3) is 0.524. The van der Waals surface area contributed by atoms with E-state index in [4.69, 9.17) is 25.6 Å². The van der Waals surface area contributed by atoms with E-state index in [0.717, 1.165) is 22.1 Å². The monoisotopic (exact) mass is 445 g/mol. The SMILES string of the molecule is CC1(C)OB(c2cc3ncc4c(c3cc2Cl)N2CCN(C(=O)O)C[C@@H]2CO4)OC1(C)C. The van der Waals surface area contributed by atoms with Crippen molar-refractivity contribution < 1.29 is 23.9 Å². The van der Waals surface area contributed by atoms with Gasteiger partial charge in [0.15, 0.2) is 5.75 Å². The highest BCUT2D eigenvalue weighted by molar-refractivity contribution is 6.66. The highest BCUT2D eigenvalue weighted by Gasteiger charge is 2.52. The van der Waals surface area contributed by atoms with E-state index in [1.165, 1.54) is 4.90 Å². The van der Waals surface area contributed by atoms with Gasteiger partial charge in [-0.2, -0.15) is 0 Å². The van der Waals surface area contributed by atoms with E-state index in [0.29, 0.717) is 37.0 Å². The quantitative estimate of drug-likeness (QED) is 0.676. The smallest absolute Gasteiger partial charge is 0.488 e. The maximum Gasteiger partial charge on any atom is 0.496 e. The van der Waals surface area contributed by atoms with Gasteiger partial charge in [0.1, 0.15) is 6.61 Å². The Morgan fingerprint density at radius 3 is 2.61 bits per heavy atom. The van der Waals surface area contributed by atoms with Gasteiger partial charge in [-0.05, 0) is 39.8 Å². The zero-order chi connectivity index (χ0) is 22.1. The fourth-order valence-corrected chi connectivity index (χ4v) is 4.65. The Bertz CT molecular complexity index is 1060. The minimum Gasteiger partial charge on any atom is -0.488 e. The van der Waals surface area contributed by atoms with Crippen molar-refractivity contribution in [3.63, 3.8) is 0 Å². The number of rotatable bonds is 1. The first-order valence-corrected chi connectivity index (χ1v) is 10.8. The van der Waals surface area contributed by atoms with Crippen molar-refractivity contribution in [2.75, 3.05) is 31.1 Å². The normalized spacial score (nSPS) is 24.0. The van der Waals surface area contributed by atoms with Gasteiger partial charge in [0, 0.05) is 35.5 Å². The number of halogens is 1. The topological polar surface area (TPSA) is 84.4 Å². The first-order valence-electron chi connectivity index (χ1n) is 10.4. The second-order valence-corrected chi connectivity index (χ2v) is 9.74. The van der Waals surface area contributed by atoms with Crippen LogP contribution in [0.3, 0.4) is 0 Å². The molecule has 3 aliphatic heterocycles. The van der Waals surface area contributed by atoms with Crippen LogP contribution in [0.2, 0.25) is 5.02 Å². The van der Waals surface area contributed by atoms with Gasteiger partial charge in [0.25, 0.3) is 0 Å². The molecule has 31 heavy (non-hydrogen) atoms. The molecule has 3 aliphatic rings. The van der Waals surface area contributed by atoms with E-state index in [2.05, 4.69) is 9.88 Å².